The molecule has 0 spiro atoms. The van der Waals surface area contributed by atoms with Gasteiger partial charge >= 0.3 is 0 Å². The number of aromatic amines is 1. The number of aliphatic hydroxyl groups is 1. The number of aliphatic hydroxyl groups excluding tert-OH is 1. The number of H-pyrrole nitrogens is 1. The minimum absolute atomic E-state index is 0.340. The molecule has 0 amide bonds. The largest absolute Gasteiger partial charge is 0.387 e. The van der Waals surface area contributed by atoms with E-state index in [1.165, 1.54) is 16.8 Å². The zero-order valence-corrected chi connectivity index (χ0v) is 10.5. The molecule has 0 aliphatic carbocycles. The van der Waals surface area contributed by atoms with E-state index in [2.05, 4.69) is 39.6 Å². The Hall–Kier alpha value is -0.760. The van der Waals surface area contributed by atoms with E-state index in [1.807, 2.05) is 0 Å². The van der Waals surface area contributed by atoms with Gasteiger partial charge < -0.3 is 10.1 Å². The van der Waals surface area contributed by atoms with Gasteiger partial charge in [0, 0.05) is 11.4 Å². The average molecular weight is 209 g/mol. The third kappa shape index (κ3) is 2.63. The fourth-order valence-corrected chi connectivity index (χ4v) is 1.87. The molecule has 2 nitrogen and oxygen atoms in total. The second-order valence-electron chi connectivity index (χ2n) is 4.68. The number of hydrogen-bond donors (Lipinski definition) is 2. The summed E-state index contributed by atoms with van der Waals surface area (Å²) in [4.78, 5) is 3.29. The summed E-state index contributed by atoms with van der Waals surface area (Å²) in [6.07, 6.45) is 1.62. The van der Waals surface area contributed by atoms with Crippen LogP contribution in [0.4, 0.5) is 0 Å². The summed E-state index contributed by atoms with van der Waals surface area (Å²) >= 11 is 0. The number of aromatic nitrogens is 1. The Morgan fingerprint density at radius 1 is 1.20 bits per heavy atom. The minimum Gasteiger partial charge on any atom is -0.387 e. The molecule has 0 aliphatic rings. The number of rotatable bonds is 4. The van der Waals surface area contributed by atoms with Gasteiger partial charge in [0.15, 0.2) is 0 Å². The van der Waals surface area contributed by atoms with E-state index in [0.717, 1.165) is 18.5 Å². The number of aryl methyl sites for hydroxylation is 1. The minimum atomic E-state index is -0.340. The number of nitrogens with one attached hydrogen (secondary N) is 1. The third-order valence-electron chi connectivity index (χ3n) is 3.51. The van der Waals surface area contributed by atoms with Gasteiger partial charge in [0.2, 0.25) is 0 Å². The highest BCUT2D eigenvalue weighted by Crippen LogP contribution is 2.27. The van der Waals surface area contributed by atoms with Crippen molar-refractivity contribution in [3.05, 3.63) is 22.5 Å². The highest BCUT2D eigenvalue weighted by atomic mass is 16.3. The van der Waals surface area contributed by atoms with E-state index in [1.54, 1.807) is 0 Å². The Balaban J connectivity index is 2.82. The SMILES string of the molecule is CCC(C)CC(O)c1[nH]c(C)c(C)c1C. The maximum atomic E-state index is 10.1. The number of hydrogen-bond acceptors (Lipinski definition) is 1. The predicted octanol–water partition coefficient (Wildman–Crippen LogP) is 3.41. The van der Waals surface area contributed by atoms with Crippen molar-refractivity contribution >= 4 is 0 Å². The Kier molecular flexibility index (Phi) is 3.97. The molecule has 1 aromatic heterocycles. The van der Waals surface area contributed by atoms with Crippen molar-refractivity contribution in [1.29, 1.82) is 0 Å². The molecule has 2 heteroatoms. The molecule has 2 N–H and O–H groups in total. The lowest BCUT2D eigenvalue weighted by Crippen LogP contribution is -2.05. The average Bonchev–Trinajstić information content (AvgIpc) is 2.45. The van der Waals surface area contributed by atoms with E-state index in [9.17, 15) is 5.11 Å². The molecule has 0 aromatic carbocycles. The van der Waals surface area contributed by atoms with Gasteiger partial charge in [-0.2, -0.15) is 0 Å². The molecule has 0 bridgehead atoms. The van der Waals surface area contributed by atoms with Crippen LogP contribution in [0.25, 0.3) is 0 Å². The van der Waals surface area contributed by atoms with E-state index < -0.39 is 0 Å². The van der Waals surface area contributed by atoms with Crippen molar-refractivity contribution < 1.29 is 5.11 Å². The van der Waals surface area contributed by atoms with Crippen molar-refractivity contribution in [2.45, 2.75) is 53.6 Å². The molecular formula is C13H23NO. The Morgan fingerprint density at radius 3 is 2.20 bits per heavy atom. The zero-order valence-electron chi connectivity index (χ0n) is 10.5. The third-order valence-corrected chi connectivity index (χ3v) is 3.51. The van der Waals surface area contributed by atoms with Gasteiger partial charge in [0.25, 0.3) is 0 Å². The molecule has 0 saturated heterocycles. The lowest BCUT2D eigenvalue weighted by Gasteiger charge is -2.14. The van der Waals surface area contributed by atoms with Crippen molar-refractivity contribution in [2.24, 2.45) is 5.92 Å². The normalized spacial score (nSPS) is 15.3. The van der Waals surface area contributed by atoms with E-state index >= 15 is 0 Å². The van der Waals surface area contributed by atoms with E-state index in [0.29, 0.717) is 5.92 Å². The summed E-state index contributed by atoms with van der Waals surface area (Å²) in [6.45, 7) is 10.6. The summed E-state index contributed by atoms with van der Waals surface area (Å²) in [5, 5.41) is 10.1. The fourth-order valence-electron chi connectivity index (χ4n) is 1.87. The second kappa shape index (κ2) is 4.84. The second-order valence-corrected chi connectivity index (χ2v) is 4.68. The predicted molar refractivity (Wildman–Crippen MR) is 64.0 cm³/mol. The van der Waals surface area contributed by atoms with Crippen LogP contribution in [-0.4, -0.2) is 10.1 Å². The van der Waals surface area contributed by atoms with Crippen LogP contribution in [0.3, 0.4) is 0 Å². The molecule has 1 aromatic rings. The molecule has 0 fully saturated rings. The summed E-state index contributed by atoms with van der Waals surface area (Å²) < 4.78 is 0. The fraction of sp³-hybridized carbons (Fsp3) is 0.692. The highest BCUT2D eigenvalue weighted by molar-refractivity contribution is 5.35. The molecule has 2 atom stereocenters. The van der Waals surface area contributed by atoms with E-state index in [4.69, 9.17) is 0 Å². The summed E-state index contributed by atoms with van der Waals surface area (Å²) in [7, 11) is 0. The van der Waals surface area contributed by atoms with Gasteiger partial charge in [-0.15, -0.1) is 0 Å². The van der Waals surface area contributed by atoms with Crippen LogP contribution in [-0.2, 0) is 0 Å². The van der Waals surface area contributed by atoms with Crippen LogP contribution >= 0.6 is 0 Å². The van der Waals surface area contributed by atoms with Crippen molar-refractivity contribution in [2.75, 3.05) is 0 Å². The van der Waals surface area contributed by atoms with Crippen LogP contribution in [0.2, 0.25) is 0 Å². The lowest BCUT2D eigenvalue weighted by atomic mass is 9.97. The molecule has 15 heavy (non-hydrogen) atoms. The topological polar surface area (TPSA) is 36.0 Å². The van der Waals surface area contributed by atoms with Gasteiger partial charge in [-0.05, 0) is 44.2 Å². The van der Waals surface area contributed by atoms with Gasteiger partial charge in [0.1, 0.15) is 0 Å². The zero-order chi connectivity index (χ0) is 11.6. The Bertz CT molecular complexity index is 328. The first-order chi connectivity index (χ1) is 6.97. The smallest absolute Gasteiger partial charge is 0.0943 e. The van der Waals surface area contributed by atoms with Gasteiger partial charge in [-0.1, -0.05) is 20.3 Å². The first kappa shape index (κ1) is 12.3. The van der Waals surface area contributed by atoms with Gasteiger partial charge in [-0.25, -0.2) is 0 Å². The summed E-state index contributed by atoms with van der Waals surface area (Å²) in [5.74, 6) is 0.573. The monoisotopic (exact) mass is 209 g/mol. The molecule has 0 radical (unpaired) electrons. The Labute approximate surface area is 92.7 Å². The maximum absolute atomic E-state index is 10.1. The van der Waals surface area contributed by atoms with Crippen LogP contribution in [0.5, 0.6) is 0 Å². The molecule has 1 heterocycles. The van der Waals surface area contributed by atoms with Gasteiger partial charge in [-0.3, -0.25) is 0 Å². The molecular weight excluding hydrogens is 186 g/mol. The quantitative estimate of drug-likeness (QED) is 0.783. The highest BCUT2D eigenvalue weighted by Gasteiger charge is 2.17. The molecule has 0 aliphatic heterocycles. The standard InChI is InChI=1S/C13H23NO/c1-6-8(2)7-12(15)13-10(4)9(3)11(5)14-13/h8,12,14-15H,6-7H2,1-5H3. The van der Waals surface area contributed by atoms with Crippen molar-refractivity contribution in [3.8, 4) is 0 Å². The molecule has 2 unspecified atom stereocenters. The maximum Gasteiger partial charge on any atom is 0.0943 e. The molecule has 1 rings (SSSR count). The molecule has 0 saturated carbocycles. The van der Waals surface area contributed by atoms with Gasteiger partial charge in [0.05, 0.1) is 6.10 Å². The van der Waals surface area contributed by atoms with Crippen LogP contribution in [0, 0.1) is 26.7 Å². The van der Waals surface area contributed by atoms with Crippen molar-refractivity contribution in [1.82, 2.24) is 4.98 Å². The van der Waals surface area contributed by atoms with Crippen LogP contribution < -0.4 is 0 Å². The first-order valence-electron chi connectivity index (χ1n) is 5.81. The summed E-state index contributed by atoms with van der Waals surface area (Å²) in [6, 6.07) is 0. The Morgan fingerprint density at radius 2 is 1.80 bits per heavy atom. The molecule has 86 valence electrons. The lowest BCUT2D eigenvalue weighted by molar-refractivity contribution is 0.142. The first-order valence-corrected chi connectivity index (χ1v) is 5.81. The summed E-state index contributed by atoms with van der Waals surface area (Å²) in [5.41, 5.74) is 4.66. The van der Waals surface area contributed by atoms with Crippen LogP contribution in [0.1, 0.15) is 55.3 Å². The van der Waals surface area contributed by atoms with Crippen molar-refractivity contribution in [3.63, 3.8) is 0 Å². The van der Waals surface area contributed by atoms with Crippen LogP contribution in [0.15, 0.2) is 0 Å². The van der Waals surface area contributed by atoms with E-state index in [-0.39, 0.29) is 6.10 Å².